The molecule has 1 amide bonds. The summed E-state index contributed by atoms with van der Waals surface area (Å²) in [4.78, 5) is 58.6. The zero-order valence-electron chi connectivity index (χ0n) is 24.7. The van der Waals surface area contributed by atoms with Gasteiger partial charge in [0.15, 0.2) is 17.6 Å². The van der Waals surface area contributed by atoms with Gasteiger partial charge in [-0.05, 0) is 30.7 Å². The van der Waals surface area contributed by atoms with Crippen LogP contribution in [0.1, 0.15) is 44.3 Å². The molecule has 4 aromatic rings. The zero-order valence-corrected chi connectivity index (χ0v) is 24.7. The number of para-hydroxylation sites is 1. The Hall–Kier alpha value is -4.98. The fourth-order valence-corrected chi connectivity index (χ4v) is 5.86. The number of ketones is 2. The number of H-pyrrole nitrogens is 1. The summed E-state index contributed by atoms with van der Waals surface area (Å²) >= 11 is 0. The van der Waals surface area contributed by atoms with Gasteiger partial charge >= 0.3 is 18.3 Å². The highest BCUT2D eigenvalue weighted by atomic mass is 19.4. The van der Waals surface area contributed by atoms with Crippen LogP contribution in [0.5, 0.6) is 0 Å². The third kappa shape index (κ3) is 6.64. The zero-order chi connectivity index (χ0) is 34.1. The Morgan fingerprint density at radius 1 is 0.872 bits per heavy atom. The second-order valence-electron chi connectivity index (χ2n) is 11.0. The van der Waals surface area contributed by atoms with Crippen molar-refractivity contribution in [3.8, 4) is 0 Å². The molecule has 1 aliphatic rings. The quantitative estimate of drug-likeness (QED) is 0.105. The number of ether oxygens (including phenoxy) is 1. The molecule has 47 heavy (non-hydrogen) atoms. The Balaban J connectivity index is 1.72. The first kappa shape index (κ1) is 33.4. The molecule has 1 aromatic heterocycles. The first-order valence-corrected chi connectivity index (χ1v) is 14.3. The van der Waals surface area contributed by atoms with E-state index in [-0.39, 0.29) is 6.61 Å². The fourth-order valence-electron chi connectivity index (χ4n) is 5.86. The highest BCUT2D eigenvalue weighted by Gasteiger charge is 2.53. The Morgan fingerprint density at radius 3 is 2.09 bits per heavy atom. The molecule has 1 aliphatic heterocycles. The van der Waals surface area contributed by atoms with E-state index in [1.54, 1.807) is 24.3 Å². The van der Waals surface area contributed by atoms with Crippen LogP contribution in [0.4, 0.5) is 26.3 Å². The summed E-state index contributed by atoms with van der Waals surface area (Å²) in [6.45, 7) is -0.182. The van der Waals surface area contributed by atoms with Gasteiger partial charge in [-0.15, -0.1) is 0 Å². The van der Waals surface area contributed by atoms with Gasteiger partial charge in [0.25, 0.3) is 0 Å². The summed E-state index contributed by atoms with van der Waals surface area (Å²) in [6, 6.07) is 12.2. The number of nitrogens with zero attached hydrogens (tertiary/aromatic N) is 1. The number of alkyl halides is 6. The van der Waals surface area contributed by atoms with Gasteiger partial charge in [-0.25, -0.2) is 0 Å². The topological polar surface area (TPSA) is 109 Å². The van der Waals surface area contributed by atoms with Crippen molar-refractivity contribution >= 4 is 34.3 Å². The molecule has 0 aliphatic carbocycles. The van der Waals surface area contributed by atoms with E-state index in [4.69, 9.17) is 4.74 Å². The molecule has 0 spiro atoms. The van der Waals surface area contributed by atoms with E-state index < -0.39 is 89.1 Å². The van der Waals surface area contributed by atoms with Crippen molar-refractivity contribution < 1.29 is 50.3 Å². The number of hydrogen-bond acceptors (Lipinski definition) is 6. The minimum atomic E-state index is -5.02. The van der Waals surface area contributed by atoms with Crippen molar-refractivity contribution in [2.75, 3.05) is 19.7 Å². The number of aromatic amines is 1. The molecule has 1 saturated heterocycles. The molecule has 14 heteroatoms. The van der Waals surface area contributed by atoms with E-state index in [1.165, 1.54) is 19.2 Å². The van der Waals surface area contributed by atoms with Crippen molar-refractivity contribution in [1.82, 2.24) is 15.2 Å². The normalized spacial score (nSPS) is 18.7. The van der Waals surface area contributed by atoms with Crippen LogP contribution in [0.3, 0.4) is 0 Å². The Morgan fingerprint density at radius 2 is 1.45 bits per heavy atom. The van der Waals surface area contributed by atoms with Crippen LogP contribution >= 0.6 is 0 Å². The average molecular weight is 660 g/mol. The lowest BCUT2D eigenvalue weighted by atomic mass is 9.78. The number of benzene rings is 3. The summed E-state index contributed by atoms with van der Waals surface area (Å²) in [5, 5.41) is 3.18. The molecule has 2 N–H and O–H groups in total. The molecule has 2 atom stereocenters. The van der Waals surface area contributed by atoms with Gasteiger partial charge in [0.1, 0.15) is 12.1 Å². The number of rotatable bonds is 9. The Kier molecular flexibility index (Phi) is 9.00. The van der Waals surface area contributed by atoms with E-state index in [0.29, 0.717) is 28.6 Å². The third-order valence-electron chi connectivity index (χ3n) is 7.90. The second kappa shape index (κ2) is 12.7. The summed E-state index contributed by atoms with van der Waals surface area (Å²) in [7, 11) is 0. The summed E-state index contributed by atoms with van der Waals surface area (Å²) < 4.78 is 89.5. The van der Waals surface area contributed by atoms with Crippen molar-refractivity contribution in [3.63, 3.8) is 0 Å². The largest absolute Gasteiger partial charge is 0.465 e. The van der Waals surface area contributed by atoms with Crippen LogP contribution in [0, 0.1) is 0 Å². The molecule has 2 heterocycles. The molecule has 0 saturated carbocycles. The van der Waals surface area contributed by atoms with Gasteiger partial charge < -0.3 is 14.6 Å². The number of nitrogens with one attached hydrogen (secondary N) is 2. The van der Waals surface area contributed by atoms with E-state index in [0.717, 1.165) is 35.2 Å². The fraction of sp³-hybridized carbons (Fsp3) is 0.273. The van der Waals surface area contributed by atoms with E-state index in [2.05, 4.69) is 10.3 Å². The van der Waals surface area contributed by atoms with Gasteiger partial charge in [0.2, 0.25) is 5.91 Å². The molecule has 2 unspecified atom stereocenters. The molecule has 8 nitrogen and oxygen atoms in total. The number of fused-ring (bicyclic) bond motifs is 1. The average Bonchev–Trinajstić information content (AvgIpc) is 3.43. The van der Waals surface area contributed by atoms with Gasteiger partial charge in [0, 0.05) is 41.2 Å². The number of Topliss-reactive ketones (excluding diaryl/α,β-unsaturated/α-hetero) is 2. The highest BCUT2D eigenvalue weighted by Crippen LogP contribution is 2.37. The molecular weight excluding hydrogens is 632 g/mol. The van der Waals surface area contributed by atoms with Crippen LogP contribution in [0.15, 0.2) is 79.0 Å². The van der Waals surface area contributed by atoms with Gasteiger partial charge in [-0.3, -0.25) is 24.5 Å². The van der Waals surface area contributed by atoms with Crippen LogP contribution in [-0.4, -0.2) is 64.6 Å². The standard InChI is InChI=1S/C33H27F6N3O5/c1-2-47-26(43)17-42-18-31(15-19-16-40-25-14-8-5-9-20(19)25,29(45)22-11-4-7-13-24(22)33(37,38)39)41-27(30(42)46)28(44)21-10-3-6-12-23(21)32(34,35)36/h3-14,16,27,40-41H,2,15,17-18H2,1H3. The molecule has 1 fully saturated rings. The van der Waals surface area contributed by atoms with E-state index in [1.807, 2.05) is 0 Å². The summed E-state index contributed by atoms with van der Waals surface area (Å²) in [5.41, 5.74) is -5.64. The van der Waals surface area contributed by atoms with Crippen molar-refractivity contribution in [1.29, 1.82) is 0 Å². The maximum atomic E-state index is 14.5. The number of halogens is 6. The van der Waals surface area contributed by atoms with E-state index >= 15 is 0 Å². The monoisotopic (exact) mass is 659 g/mol. The van der Waals surface area contributed by atoms with Crippen molar-refractivity contribution in [3.05, 3.63) is 107 Å². The number of aromatic nitrogens is 1. The molecule has 0 bridgehead atoms. The second-order valence-corrected chi connectivity index (χ2v) is 11.0. The van der Waals surface area contributed by atoms with Crippen LogP contribution in [0.25, 0.3) is 10.9 Å². The molecule has 5 rings (SSSR count). The molecular formula is C33H27F6N3O5. The number of carbonyl (C=O) groups is 4. The van der Waals surface area contributed by atoms with E-state index in [9.17, 15) is 45.5 Å². The lowest BCUT2D eigenvalue weighted by Gasteiger charge is -2.45. The first-order chi connectivity index (χ1) is 22.2. The Labute approximate surface area is 263 Å². The number of piperazine rings is 1. The maximum Gasteiger partial charge on any atom is 0.417 e. The highest BCUT2D eigenvalue weighted by molar-refractivity contribution is 6.17. The van der Waals surface area contributed by atoms with Crippen LogP contribution in [0.2, 0.25) is 0 Å². The van der Waals surface area contributed by atoms with Gasteiger partial charge in [-0.2, -0.15) is 26.3 Å². The minimum absolute atomic E-state index is 0.112. The molecule has 246 valence electrons. The predicted molar refractivity (Wildman–Crippen MR) is 156 cm³/mol. The predicted octanol–water partition coefficient (Wildman–Crippen LogP) is 5.62. The van der Waals surface area contributed by atoms with Crippen molar-refractivity contribution in [2.24, 2.45) is 0 Å². The third-order valence-corrected chi connectivity index (χ3v) is 7.90. The summed E-state index contributed by atoms with van der Waals surface area (Å²) in [6.07, 6.45) is -8.94. The number of hydrogen-bond donors (Lipinski definition) is 2. The van der Waals surface area contributed by atoms with Crippen LogP contribution in [-0.2, 0) is 33.1 Å². The molecule has 3 aromatic carbocycles. The van der Waals surface area contributed by atoms with Gasteiger partial charge in [-0.1, -0.05) is 54.6 Å². The first-order valence-electron chi connectivity index (χ1n) is 14.3. The molecule has 0 radical (unpaired) electrons. The smallest absolute Gasteiger partial charge is 0.417 e. The van der Waals surface area contributed by atoms with Gasteiger partial charge in [0.05, 0.1) is 17.7 Å². The van der Waals surface area contributed by atoms with Crippen LogP contribution < -0.4 is 5.32 Å². The minimum Gasteiger partial charge on any atom is -0.465 e. The SMILES string of the molecule is CCOC(=O)CN1CC(Cc2c[nH]c3ccccc23)(C(=O)c2ccccc2C(F)(F)F)NC(C(=O)c2ccccc2C(F)(F)F)C1=O. The number of esters is 1. The number of amides is 1. The number of carbonyl (C=O) groups excluding carboxylic acids is 4. The van der Waals surface area contributed by atoms with Crippen molar-refractivity contribution in [2.45, 2.75) is 37.3 Å². The lowest BCUT2D eigenvalue weighted by Crippen LogP contribution is -2.73. The lowest BCUT2D eigenvalue weighted by molar-refractivity contribution is -0.151. The summed E-state index contributed by atoms with van der Waals surface area (Å²) in [5.74, 6) is -4.71. The Bertz CT molecular complexity index is 1850. The maximum absolute atomic E-state index is 14.5.